The van der Waals surface area contributed by atoms with Gasteiger partial charge in [-0.2, -0.15) is 4.98 Å². The highest BCUT2D eigenvalue weighted by Gasteiger charge is 2.33. The van der Waals surface area contributed by atoms with Crippen molar-refractivity contribution < 1.29 is 9.59 Å². The SMILES string of the molecule is CN(C)C/C=C/C(=O)Nc1cccc(N2C(=O)N(Cc3ccccc3)Cc3cnc(N/C(C=N)=C4\N=CC=CN4)nc32)c1. The second kappa shape index (κ2) is 13.4. The number of aromatic nitrogens is 2. The molecule has 1 aromatic heterocycles. The van der Waals surface area contributed by atoms with Gasteiger partial charge in [-0.15, -0.1) is 0 Å². The summed E-state index contributed by atoms with van der Waals surface area (Å²) in [5, 5.41) is 16.8. The highest BCUT2D eigenvalue weighted by atomic mass is 16.2. The van der Waals surface area contributed by atoms with E-state index in [4.69, 9.17) is 10.4 Å². The summed E-state index contributed by atoms with van der Waals surface area (Å²) in [7, 11) is 3.84. The lowest BCUT2D eigenvalue weighted by Crippen LogP contribution is -2.45. The molecule has 2 aliphatic rings. The maximum absolute atomic E-state index is 14.1. The van der Waals surface area contributed by atoms with Gasteiger partial charge in [0.05, 0.1) is 12.2 Å². The van der Waals surface area contributed by atoms with Gasteiger partial charge in [-0.05, 0) is 43.9 Å². The minimum absolute atomic E-state index is 0.195. The van der Waals surface area contributed by atoms with Gasteiger partial charge in [0, 0.05) is 55.2 Å². The Hall–Kier alpha value is -5.62. The Morgan fingerprint density at radius 3 is 2.72 bits per heavy atom. The number of hydrogen-bond donors (Lipinski definition) is 4. The number of urea groups is 1. The molecule has 0 fully saturated rings. The molecule has 0 spiro atoms. The molecule has 12 heteroatoms. The maximum Gasteiger partial charge on any atom is 0.330 e. The van der Waals surface area contributed by atoms with Gasteiger partial charge in [0.1, 0.15) is 5.70 Å². The van der Waals surface area contributed by atoms with Crippen LogP contribution in [-0.4, -0.2) is 64.8 Å². The number of rotatable bonds is 10. The van der Waals surface area contributed by atoms with E-state index in [1.165, 1.54) is 11.0 Å². The molecule has 3 heterocycles. The largest absolute Gasteiger partial charge is 0.345 e. The molecule has 4 N–H and O–H groups in total. The van der Waals surface area contributed by atoms with E-state index in [-0.39, 0.29) is 17.9 Å². The molecule has 218 valence electrons. The Labute approximate surface area is 249 Å². The first-order chi connectivity index (χ1) is 20.9. The second-order valence-electron chi connectivity index (χ2n) is 10.0. The van der Waals surface area contributed by atoms with Crippen LogP contribution < -0.4 is 20.9 Å². The molecular weight excluding hydrogens is 544 g/mol. The van der Waals surface area contributed by atoms with Crippen LogP contribution in [0.5, 0.6) is 0 Å². The highest BCUT2D eigenvalue weighted by molar-refractivity contribution is 6.03. The number of fused-ring (bicyclic) bond motifs is 1. The summed E-state index contributed by atoms with van der Waals surface area (Å²) in [6, 6.07) is 16.5. The van der Waals surface area contributed by atoms with E-state index in [0.717, 1.165) is 17.3 Å². The Morgan fingerprint density at radius 2 is 1.98 bits per heavy atom. The summed E-state index contributed by atoms with van der Waals surface area (Å²) < 4.78 is 0. The maximum atomic E-state index is 14.1. The van der Waals surface area contributed by atoms with Gasteiger partial charge in [-0.3, -0.25) is 4.79 Å². The topological polar surface area (TPSA) is 142 Å². The van der Waals surface area contributed by atoms with E-state index in [2.05, 4.69) is 25.9 Å². The molecule has 12 nitrogen and oxygen atoms in total. The van der Waals surface area contributed by atoms with Crippen molar-refractivity contribution in [3.8, 4) is 0 Å². The van der Waals surface area contributed by atoms with Gasteiger partial charge < -0.3 is 31.2 Å². The van der Waals surface area contributed by atoms with Crippen molar-refractivity contribution in [3.63, 3.8) is 0 Å². The molecule has 0 saturated carbocycles. The molecule has 0 radical (unpaired) electrons. The van der Waals surface area contributed by atoms with E-state index >= 15 is 0 Å². The fourth-order valence-corrected chi connectivity index (χ4v) is 4.46. The summed E-state index contributed by atoms with van der Waals surface area (Å²) in [5.41, 5.74) is 3.14. The Kier molecular flexibility index (Phi) is 8.98. The number of nitrogens with zero attached hydrogens (tertiary/aromatic N) is 6. The number of carbonyl (C=O) groups is 2. The second-order valence-corrected chi connectivity index (χ2v) is 10.0. The first-order valence-electron chi connectivity index (χ1n) is 13.6. The normalized spacial score (nSPS) is 15.4. The lowest BCUT2D eigenvalue weighted by atomic mass is 10.1. The zero-order valence-corrected chi connectivity index (χ0v) is 23.9. The van der Waals surface area contributed by atoms with Crippen LogP contribution in [0.4, 0.5) is 27.9 Å². The average Bonchev–Trinajstić information content (AvgIpc) is 3.01. The van der Waals surface area contributed by atoms with Crippen LogP contribution in [0.2, 0.25) is 0 Å². The minimum atomic E-state index is -0.273. The number of likely N-dealkylation sites (N-methyl/N-ethyl adjacent to an activating group) is 1. The van der Waals surface area contributed by atoms with Crippen molar-refractivity contribution in [1.82, 2.24) is 25.1 Å². The van der Waals surface area contributed by atoms with Gasteiger partial charge in [-0.1, -0.05) is 42.5 Å². The lowest BCUT2D eigenvalue weighted by Gasteiger charge is -2.36. The van der Waals surface area contributed by atoms with Crippen molar-refractivity contribution in [2.24, 2.45) is 4.99 Å². The minimum Gasteiger partial charge on any atom is -0.345 e. The van der Waals surface area contributed by atoms with Crippen molar-refractivity contribution in [3.05, 3.63) is 108 Å². The average molecular weight is 577 g/mol. The standard InChI is InChI=1S/C31H32N10O2/c1-39(2)16-7-13-27(42)36-24-11-6-12-25(17-24)41-29-23(21-40(31(41)43)20-22-9-4-3-5-10-22)19-35-30(38-29)37-26(18-32)28-33-14-8-15-34-28/h3-15,17-19,32-33H,16,20-21H2,1-2H3,(H,36,42)(H,35,37,38)/b13-7+,28-26-,32-18?. The van der Waals surface area contributed by atoms with Crippen LogP contribution in [-0.2, 0) is 17.9 Å². The molecule has 0 atom stereocenters. The Bertz CT molecular complexity index is 1630. The summed E-state index contributed by atoms with van der Waals surface area (Å²) >= 11 is 0. The zero-order chi connectivity index (χ0) is 30.2. The van der Waals surface area contributed by atoms with E-state index in [9.17, 15) is 9.59 Å². The lowest BCUT2D eigenvalue weighted by molar-refractivity contribution is -0.111. The molecule has 3 amide bonds. The molecule has 2 aliphatic heterocycles. The van der Waals surface area contributed by atoms with Gasteiger partial charge in [0.2, 0.25) is 11.9 Å². The first kappa shape index (κ1) is 28.9. The summed E-state index contributed by atoms with van der Waals surface area (Å²) in [4.78, 5) is 45.2. The molecule has 43 heavy (non-hydrogen) atoms. The molecule has 0 aliphatic carbocycles. The molecule has 5 rings (SSSR count). The number of nitrogens with one attached hydrogen (secondary N) is 4. The summed E-state index contributed by atoms with van der Waals surface area (Å²) in [6.45, 7) is 1.33. The van der Waals surface area contributed by atoms with Gasteiger partial charge in [0.25, 0.3) is 0 Å². The number of carbonyl (C=O) groups excluding carboxylic acids is 2. The van der Waals surface area contributed by atoms with Crippen molar-refractivity contribution in [1.29, 1.82) is 5.41 Å². The number of anilines is 4. The number of amides is 3. The fourth-order valence-electron chi connectivity index (χ4n) is 4.46. The molecule has 0 bridgehead atoms. The Balaban J connectivity index is 1.49. The third kappa shape index (κ3) is 7.18. The number of benzene rings is 2. The van der Waals surface area contributed by atoms with Crippen molar-refractivity contribution >= 4 is 47.5 Å². The zero-order valence-electron chi connectivity index (χ0n) is 23.9. The van der Waals surface area contributed by atoms with Crippen LogP contribution in [0.25, 0.3) is 0 Å². The fraction of sp³-hybridized carbons (Fsp3) is 0.161. The smallest absolute Gasteiger partial charge is 0.330 e. The predicted molar refractivity (Wildman–Crippen MR) is 168 cm³/mol. The van der Waals surface area contributed by atoms with Crippen LogP contribution in [0, 0.1) is 5.41 Å². The third-order valence-corrected chi connectivity index (χ3v) is 6.46. The monoisotopic (exact) mass is 576 g/mol. The number of aliphatic imine (C=N–C) groups is 1. The van der Waals surface area contributed by atoms with Crippen LogP contribution >= 0.6 is 0 Å². The molecule has 3 aromatic rings. The quantitative estimate of drug-likeness (QED) is 0.209. The van der Waals surface area contributed by atoms with Gasteiger partial charge >= 0.3 is 6.03 Å². The molecular formula is C31H32N10O2. The van der Waals surface area contributed by atoms with Crippen LogP contribution in [0.3, 0.4) is 0 Å². The van der Waals surface area contributed by atoms with Gasteiger partial charge in [0.15, 0.2) is 11.6 Å². The first-order valence-corrected chi connectivity index (χ1v) is 13.6. The van der Waals surface area contributed by atoms with Crippen molar-refractivity contribution in [2.75, 3.05) is 36.2 Å². The van der Waals surface area contributed by atoms with E-state index in [0.29, 0.717) is 48.3 Å². The predicted octanol–water partition coefficient (Wildman–Crippen LogP) is 4.23. The molecule has 2 aromatic carbocycles. The summed E-state index contributed by atoms with van der Waals surface area (Å²) in [6.07, 6.45) is 11.1. The molecule has 0 unspecified atom stereocenters. The molecule has 0 saturated heterocycles. The third-order valence-electron chi connectivity index (χ3n) is 6.46. The van der Waals surface area contributed by atoms with Crippen LogP contribution in [0.1, 0.15) is 11.1 Å². The van der Waals surface area contributed by atoms with Gasteiger partial charge in [-0.25, -0.2) is 19.7 Å². The van der Waals surface area contributed by atoms with E-state index in [1.807, 2.05) is 49.3 Å². The number of allylic oxidation sites excluding steroid dienone is 2. The van der Waals surface area contributed by atoms with E-state index < -0.39 is 0 Å². The van der Waals surface area contributed by atoms with Crippen LogP contribution in [0.15, 0.2) is 102 Å². The highest BCUT2D eigenvalue weighted by Crippen LogP contribution is 2.35. The van der Waals surface area contributed by atoms with E-state index in [1.54, 1.807) is 59.9 Å². The summed E-state index contributed by atoms with van der Waals surface area (Å²) in [5.74, 6) is 0.755. The number of hydrogen-bond acceptors (Lipinski definition) is 9. The van der Waals surface area contributed by atoms with Crippen molar-refractivity contribution in [2.45, 2.75) is 13.1 Å². The Morgan fingerprint density at radius 1 is 1.14 bits per heavy atom.